The number of benzene rings is 1. The normalized spacial score (nSPS) is 15.4. The molecule has 0 spiro atoms. The zero-order valence-corrected chi connectivity index (χ0v) is 12.7. The molecule has 1 saturated carbocycles. The van der Waals surface area contributed by atoms with E-state index in [1.807, 2.05) is 18.2 Å². The van der Waals surface area contributed by atoms with Crippen LogP contribution in [-0.4, -0.2) is 18.3 Å². The van der Waals surface area contributed by atoms with E-state index >= 15 is 0 Å². The molecule has 2 rings (SSSR count). The molecule has 0 aromatic heterocycles. The van der Waals surface area contributed by atoms with E-state index in [-0.39, 0.29) is 0 Å². The molecule has 1 aliphatic rings. The number of ether oxygens (including phenoxy) is 1. The summed E-state index contributed by atoms with van der Waals surface area (Å²) in [6.07, 6.45) is 5.03. The van der Waals surface area contributed by atoms with E-state index in [1.165, 1.54) is 25.7 Å². The molecule has 0 bridgehead atoms. The number of nitrogens with one attached hydrogen (secondary N) is 2. The van der Waals surface area contributed by atoms with Crippen molar-refractivity contribution >= 4 is 38.9 Å². The number of anilines is 1. The van der Waals surface area contributed by atoms with Gasteiger partial charge >= 0.3 is 0 Å². The SMILES string of the molecule is COc1ccc(NC(=S)NC2CCCC2)cc1Br. The van der Waals surface area contributed by atoms with Gasteiger partial charge in [0.15, 0.2) is 5.11 Å². The monoisotopic (exact) mass is 328 g/mol. The van der Waals surface area contributed by atoms with Gasteiger partial charge in [-0.3, -0.25) is 0 Å². The van der Waals surface area contributed by atoms with E-state index in [1.54, 1.807) is 7.11 Å². The van der Waals surface area contributed by atoms with Crippen molar-refractivity contribution in [3.8, 4) is 5.75 Å². The Bertz CT molecular complexity index is 433. The molecule has 0 saturated heterocycles. The largest absolute Gasteiger partial charge is 0.496 e. The van der Waals surface area contributed by atoms with Gasteiger partial charge in [-0.15, -0.1) is 0 Å². The van der Waals surface area contributed by atoms with Crippen LogP contribution in [-0.2, 0) is 0 Å². The van der Waals surface area contributed by atoms with Crippen LogP contribution >= 0.6 is 28.1 Å². The van der Waals surface area contributed by atoms with Crippen LogP contribution in [0.25, 0.3) is 0 Å². The minimum atomic E-state index is 0.534. The predicted molar refractivity (Wildman–Crippen MR) is 82.3 cm³/mol. The summed E-state index contributed by atoms with van der Waals surface area (Å²) in [5.41, 5.74) is 0.957. The van der Waals surface area contributed by atoms with Gasteiger partial charge in [0.2, 0.25) is 0 Å². The highest BCUT2D eigenvalue weighted by atomic mass is 79.9. The molecule has 0 amide bonds. The van der Waals surface area contributed by atoms with Gasteiger partial charge < -0.3 is 15.4 Å². The van der Waals surface area contributed by atoms with Crippen molar-refractivity contribution in [1.82, 2.24) is 5.32 Å². The fourth-order valence-corrected chi connectivity index (χ4v) is 2.99. The predicted octanol–water partition coefficient (Wildman–Crippen LogP) is 3.69. The highest BCUT2D eigenvalue weighted by Crippen LogP contribution is 2.27. The summed E-state index contributed by atoms with van der Waals surface area (Å²) in [5.74, 6) is 0.815. The molecule has 1 aromatic rings. The Labute approximate surface area is 121 Å². The highest BCUT2D eigenvalue weighted by Gasteiger charge is 2.15. The van der Waals surface area contributed by atoms with Gasteiger partial charge in [-0.05, 0) is 59.2 Å². The lowest BCUT2D eigenvalue weighted by atomic mass is 10.2. The number of hydrogen-bond donors (Lipinski definition) is 2. The van der Waals surface area contributed by atoms with Crippen LogP contribution in [0.4, 0.5) is 5.69 Å². The van der Waals surface area contributed by atoms with Crippen molar-refractivity contribution in [3.63, 3.8) is 0 Å². The van der Waals surface area contributed by atoms with Crippen molar-refractivity contribution < 1.29 is 4.74 Å². The second-order valence-electron chi connectivity index (χ2n) is 4.43. The summed E-state index contributed by atoms with van der Waals surface area (Å²) in [4.78, 5) is 0. The molecule has 0 aliphatic heterocycles. The van der Waals surface area contributed by atoms with E-state index in [2.05, 4.69) is 26.6 Å². The van der Waals surface area contributed by atoms with Gasteiger partial charge in [0, 0.05) is 11.7 Å². The second-order valence-corrected chi connectivity index (χ2v) is 5.69. The van der Waals surface area contributed by atoms with Crippen LogP contribution in [0.2, 0.25) is 0 Å². The number of hydrogen-bond acceptors (Lipinski definition) is 2. The van der Waals surface area contributed by atoms with Crippen molar-refractivity contribution in [1.29, 1.82) is 0 Å². The van der Waals surface area contributed by atoms with E-state index in [9.17, 15) is 0 Å². The summed E-state index contributed by atoms with van der Waals surface area (Å²) < 4.78 is 6.10. The van der Waals surface area contributed by atoms with Gasteiger partial charge in [-0.1, -0.05) is 12.8 Å². The summed E-state index contributed by atoms with van der Waals surface area (Å²) in [6, 6.07) is 6.35. The lowest BCUT2D eigenvalue weighted by Crippen LogP contribution is -2.35. The van der Waals surface area contributed by atoms with Gasteiger partial charge in [0.05, 0.1) is 11.6 Å². The van der Waals surface area contributed by atoms with E-state index in [0.29, 0.717) is 11.2 Å². The van der Waals surface area contributed by atoms with Crippen LogP contribution in [0.1, 0.15) is 25.7 Å². The fraction of sp³-hybridized carbons (Fsp3) is 0.462. The zero-order chi connectivity index (χ0) is 13.0. The molecule has 2 N–H and O–H groups in total. The molecule has 1 aromatic carbocycles. The second kappa shape index (κ2) is 6.38. The first-order valence-electron chi connectivity index (χ1n) is 6.10. The van der Waals surface area contributed by atoms with Crippen LogP contribution < -0.4 is 15.4 Å². The number of thiocarbonyl (C=S) groups is 1. The third-order valence-corrected chi connectivity index (χ3v) is 3.94. The number of rotatable bonds is 3. The standard InChI is InChI=1S/C13H17BrN2OS/c1-17-12-7-6-10(8-11(12)14)16-13(18)15-9-4-2-3-5-9/h6-9H,2-5H2,1H3,(H2,15,16,18). The van der Waals surface area contributed by atoms with Gasteiger partial charge in [-0.25, -0.2) is 0 Å². The van der Waals surface area contributed by atoms with Crippen molar-refractivity contribution in [2.45, 2.75) is 31.7 Å². The first-order valence-corrected chi connectivity index (χ1v) is 7.30. The first-order chi connectivity index (χ1) is 8.69. The lowest BCUT2D eigenvalue weighted by molar-refractivity contribution is 0.412. The van der Waals surface area contributed by atoms with Crippen LogP contribution in [0.15, 0.2) is 22.7 Å². The van der Waals surface area contributed by atoms with Gasteiger partial charge in [0.1, 0.15) is 5.75 Å². The van der Waals surface area contributed by atoms with Crippen LogP contribution in [0, 0.1) is 0 Å². The quantitative estimate of drug-likeness (QED) is 0.829. The maximum absolute atomic E-state index is 5.31. The van der Waals surface area contributed by atoms with Crippen molar-refractivity contribution in [3.05, 3.63) is 22.7 Å². The molecule has 0 atom stereocenters. The Balaban J connectivity index is 1.92. The molecular weight excluding hydrogens is 312 g/mol. The highest BCUT2D eigenvalue weighted by molar-refractivity contribution is 9.10. The Morgan fingerprint density at radius 3 is 2.72 bits per heavy atom. The molecule has 1 aliphatic carbocycles. The van der Waals surface area contributed by atoms with Crippen molar-refractivity contribution in [2.24, 2.45) is 0 Å². The minimum absolute atomic E-state index is 0.534. The molecule has 1 fully saturated rings. The zero-order valence-electron chi connectivity index (χ0n) is 10.3. The summed E-state index contributed by atoms with van der Waals surface area (Å²) in [6.45, 7) is 0. The average Bonchev–Trinajstić information content (AvgIpc) is 2.82. The molecular formula is C13H17BrN2OS. The number of methoxy groups -OCH3 is 1. The fourth-order valence-electron chi connectivity index (χ4n) is 2.17. The Morgan fingerprint density at radius 1 is 1.39 bits per heavy atom. The third-order valence-electron chi connectivity index (χ3n) is 3.10. The van der Waals surface area contributed by atoms with E-state index in [0.717, 1.165) is 15.9 Å². The van der Waals surface area contributed by atoms with E-state index < -0.39 is 0 Å². The Morgan fingerprint density at radius 2 is 2.11 bits per heavy atom. The molecule has 98 valence electrons. The van der Waals surface area contributed by atoms with E-state index in [4.69, 9.17) is 17.0 Å². The number of halogens is 1. The minimum Gasteiger partial charge on any atom is -0.496 e. The van der Waals surface area contributed by atoms with Crippen molar-refractivity contribution in [2.75, 3.05) is 12.4 Å². The van der Waals surface area contributed by atoms with Crippen LogP contribution in [0.3, 0.4) is 0 Å². The van der Waals surface area contributed by atoms with Gasteiger partial charge in [0.25, 0.3) is 0 Å². The first kappa shape index (κ1) is 13.6. The molecule has 3 nitrogen and oxygen atoms in total. The smallest absolute Gasteiger partial charge is 0.170 e. The third kappa shape index (κ3) is 3.59. The summed E-state index contributed by atoms with van der Waals surface area (Å²) in [5, 5.41) is 7.24. The molecule has 0 heterocycles. The maximum atomic E-state index is 5.31. The molecule has 18 heavy (non-hydrogen) atoms. The lowest BCUT2D eigenvalue weighted by Gasteiger charge is -2.16. The maximum Gasteiger partial charge on any atom is 0.170 e. The Hall–Kier alpha value is -0.810. The topological polar surface area (TPSA) is 33.3 Å². The average molecular weight is 329 g/mol. The molecule has 0 unspecified atom stereocenters. The summed E-state index contributed by atoms with van der Waals surface area (Å²) in [7, 11) is 1.65. The van der Waals surface area contributed by atoms with Crippen LogP contribution in [0.5, 0.6) is 5.75 Å². The molecule has 0 radical (unpaired) electrons. The molecule has 5 heteroatoms. The van der Waals surface area contributed by atoms with Gasteiger partial charge in [-0.2, -0.15) is 0 Å². The summed E-state index contributed by atoms with van der Waals surface area (Å²) >= 11 is 8.77. The Kier molecular flexibility index (Phi) is 4.83.